The van der Waals surface area contributed by atoms with Gasteiger partial charge in [0.2, 0.25) is 0 Å². The molecule has 9 nitrogen and oxygen atoms in total. The molecule has 3 fully saturated rings. The van der Waals surface area contributed by atoms with E-state index in [0.717, 1.165) is 62.1 Å². The number of carboxylic acid groups (broad SMARTS) is 1. The SMILES string of the molecule is O=C(O)c1cc(OCCN2CCC3(CC2)OCCO3)c2c(C3CCC3)nn(-c3ccccc3)c2n1. The van der Waals surface area contributed by atoms with Crippen molar-refractivity contribution in [1.29, 1.82) is 0 Å². The molecule has 2 saturated heterocycles. The van der Waals surface area contributed by atoms with E-state index < -0.39 is 11.8 Å². The maximum Gasteiger partial charge on any atom is 0.354 e. The van der Waals surface area contributed by atoms with E-state index in [1.165, 1.54) is 6.42 Å². The first-order chi connectivity index (χ1) is 17.1. The summed E-state index contributed by atoms with van der Waals surface area (Å²) in [6.07, 6.45) is 5.02. The molecule has 6 rings (SSSR count). The fourth-order valence-electron chi connectivity index (χ4n) is 5.24. The number of carbonyl (C=O) groups is 1. The first-order valence-corrected chi connectivity index (χ1v) is 12.5. The Balaban J connectivity index is 1.28. The lowest BCUT2D eigenvalue weighted by molar-refractivity contribution is -0.185. The lowest BCUT2D eigenvalue weighted by atomic mass is 9.82. The molecule has 1 aromatic carbocycles. The van der Waals surface area contributed by atoms with Crippen molar-refractivity contribution in [2.45, 2.75) is 43.8 Å². The summed E-state index contributed by atoms with van der Waals surface area (Å²) in [5.41, 5.74) is 2.29. The van der Waals surface area contributed by atoms with Crippen molar-refractivity contribution >= 4 is 17.0 Å². The van der Waals surface area contributed by atoms with Gasteiger partial charge in [-0.25, -0.2) is 14.5 Å². The number of hydrogen-bond acceptors (Lipinski definition) is 7. The molecule has 2 aromatic heterocycles. The van der Waals surface area contributed by atoms with Crippen LogP contribution in [0.1, 0.15) is 54.2 Å². The number of fused-ring (bicyclic) bond motifs is 1. The highest BCUT2D eigenvalue weighted by atomic mass is 16.7. The van der Waals surface area contributed by atoms with Gasteiger partial charge in [-0.15, -0.1) is 0 Å². The van der Waals surface area contributed by atoms with Gasteiger partial charge in [0.25, 0.3) is 0 Å². The Hall–Kier alpha value is -3.01. The zero-order chi connectivity index (χ0) is 23.8. The lowest BCUT2D eigenvalue weighted by Crippen LogP contribution is -2.46. The standard InChI is InChI=1S/C26H30N4O5/c31-25(32)20-17-21(33-14-13-29-11-9-26(10-12-29)34-15-16-35-26)22-23(18-5-4-6-18)28-30(24(22)27-20)19-7-2-1-3-8-19/h1-3,7-8,17-18H,4-6,9-16H2,(H,31,32). The van der Waals surface area contributed by atoms with E-state index in [2.05, 4.69) is 9.88 Å². The molecule has 4 heterocycles. The minimum absolute atomic E-state index is 0.0415. The van der Waals surface area contributed by atoms with Crippen LogP contribution in [0.15, 0.2) is 36.4 Å². The Labute approximate surface area is 203 Å². The normalized spacial score (nSPS) is 20.3. The molecule has 9 heteroatoms. The van der Waals surface area contributed by atoms with Crippen molar-refractivity contribution < 1.29 is 24.1 Å². The van der Waals surface area contributed by atoms with Crippen molar-refractivity contribution in [2.24, 2.45) is 0 Å². The highest BCUT2D eigenvalue weighted by Crippen LogP contribution is 2.42. The van der Waals surface area contributed by atoms with Crippen molar-refractivity contribution in [3.05, 3.63) is 47.8 Å². The van der Waals surface area contributed by atoms with Gasteiger partial charge >= 0.3 is 5.97 Å². The van der Waals surface area contributed by atoms with Gasteiger partial charge < -0.3 is 19.3 Å². The van der Waals surface area contributed by atoms with E-state index in [9.17, 15) is 9.90 Å². The van der Waals surface area contributed by atoms with Crippen LogP contribution in [0.5, 0.6) is 5.75 Å². The minimum atomic E-state index is -1.08. The second-order valence-electron chi connectivity index (χ2n) is 9.57. The maximum atomic E-state index is 11.9. The number of benzene rings is 1. The molecule has 1 saturated carbocycles. The minimum Gasteiger partial charge on any atom is -0.491 e. The summed E-state index contributed by atoms with van der Waals surface area (Å²) in [7, 11) is 0. The average Bonchev–Trinajstić information content (AvgIpc) is 3.45. The largest absolute Gasteiger partial charge is 0.491 e. The van der Waals surface area contributed by atoms with Crippen LogP contribution >= 0.6 is 0 Å². The van der Waals surface area contributed by atoms with Gasteiger partial charge in [-0.2, -0.15) is 5.10 Å². The molecule has 0 bridgehead atoms. The van der Waals surface area contributed by atoms with Crippen molar-refractivity contribution in [1.82, 2.24) is 19.7 Å². The zero-order valence-electron chi connectivity index (χ0n) is 19.7. The van der Waals surface area contributed by atoms with E-state index in [-0.39, 0.29) is 5.69 Å². The highest BCUT2D eigenvalue weighted by molar-refractivity contribution is 5.94. The molecule has 184 valence electrons. The van der Waals surface area contributed by atoms with Crippen molar-refractivity contribution in [2.75, 3.05) is 39.5 Å². The molecule has 0 amide bonds. The van der Waals surface area contributed by atoms with Gasteiger partial charge in [0.05, 0.1) is 30.0 Å². The first kappa shape index (κ1) is 22.5. The second kappa shape index (κ2) is 9.22. The number of likely N-dealkylation sites (tertiary alicyclic amines) is 1. The molecular formula is C26H30N4O5. The maximum absolute atomic E-state index is 11.9. The summed E-state index contributed by atoms with van der Waals surface area (Å²) in [5, 5.41) is 15.5. The third-order valence-corrected chi connectivity index (χ3v) is 7.44. The van der Waals surface area contributed by atoms with E-state index in [1.807, 2.05) is 30.3 Å². The second-order valence-corrected chi connectivity index (χ2v) is 9.57. The van der Waals surface area contributed by atoms with Crippen LogP contribution in [0, 0.1) is 0 Å². The van der Waals surface area contributed by atoms with Gasteiger partial charge in [0.15, 0.2) is 17.1 Å². The number of aromatic nitrogens is 3. The third-order valence-electron chi connectivity index (χ3n) is 7.44. The molecular weight excluding hydrogens is 448 g/mol. The van der Waals surface area contributed by atoms with Crippen LogP contribution in [0.25, 0.3) is 16.7 Å². The number of hydrogen-bond donors (Lipinski definition) is 1. The third kappa shape index (κ3) is 4.28. The molecule has 35 heavy (non-hydrogen) atoms. The zero-order valence-corrected chi connectivity index (χ0v) is 19.7. The molecule has 3 aliphatic rings. The van der Waals surface area contributed by atoms with Crippen LogP contribution in [-0.4, -0.2) is 76.0 Å². The predicted molar refractivity (Wildman–Crippen MR) is 128 cm³/mol. The summed E-state index contributed by atoms with van der Waals surface area (Å²) in [6, 6.07) is 11.3. The van der Waals surface area contributed by atoms with Crippen LogP contribution in [0.3, 0.4) is 0 Å². The van der Waals surface area contributed by atoms with Crippen LogP contribution in [-0.2, 0) is 9.47 Å². The summed E-state index contributed by atoms with van der Waals surface area (Å²) in [5.74, 6) is -0.589. The van der Waals surface area contributed by atoms with Crippen LogP contribution < -0.4 is 4.74 Å². The number of carboxylic acids is 1. The fourth-order valence-corrected chi connectivity index (χ4v) is 5.24. The highest BCUT2D eigenvalue weighted by Gasteiger charge is 2.39. The van der Waals surface area contributed by atoms with Gasteiger partial charge in [0.1, 0.15) is 12.4 Å². The number of aromatic carboxylic acids is 1. The molecule has 0 unspecified atom stereocenters. The van der Waals surface area contributed by atoms with Gasteiger partial charge in [-0.05, 0) is 25.0 Å². The van der Waals surface area contributed by atoms with Crippen molar-refractivity contribution in [3.8, 4) is 11.4 Å². The Morgan fingerprint density at radius 3 is 2.54 bits per heavy atom. The Morgan fingerprint density at radius 2 is 1.89 bits per heavy atom. The number of ether oxygens (including phenoxy) is 3. The molecule has 1 spiro atoms. The summed E-state index contributed by atoms with van der Waals surface area (Å²) in [6.45, 7) is 4.31. The smallest absolute Gasteiger partial charge is 0.354 e. The molecule has 0 radical (unpaired) electrons. The van der Waals surface area contributed by atoms with Gasteiger partial charge in [0, 0.05) is 44.5 Å². The predicted octanol–water partition coefficient (Wildman–Crippen LogP) is 3.60. The van der Waals surface area contributed by atoms with Crippen LogP contribution in [0.2, 0.25) is 0 Å². The Bertz CT molecular complexity index is 1210. The van der Waals surface area contributed by atoms with E-state index in [4.69, 9.17) is 19.3 Å². The monoisotopic (exact) mass is 478 g/mol. The number of rotatable bonds is 7. The van der Waals surface area contributed by atoms with Crippen molar-refractivity contribution in [3.63, 3.8) is 0 Å². The first-order valence-electron chi connectivity index (χ1n) is 12.5. The number of para-hydroxylation sites is 1. The summed E-state index contributed by atoms with van der Waals surface area (Å²) >= 11 is 0. The van der Waals surface area contributed by atoms with Gasteiger partial charge in [-0.1, -0.05) is 24.6 Å². The van der Waals surface area contributed by atoms with E-state index in [0.29, 0.717) is 37.1 Å². The topological polar surface area (TPSA) is 98.9 Å². The van der Waals surface area contributed by atoms with Gasteiger partial charge in [-0.3, -0.25) is 4.90 Å². The molecule has 0 atom stereocenters. The number of piperidine rings is 1. The average molecular weight is 479 g/mol. The fraction of sp³-hybridized carbons (Fsp3) is 0.500. The molecule has 1 N–H and O–H groups in total. The molecule has 1 aliphatic carbocycles. The summed E-state index contributed by atoms with van der Waals surface area (Å²) in [4.78, 5) is 18.8. The summed E-state index contributed by atoms with van der Waals surface area (Å²) < 4.78 is 19.7. The quantitative estimate of drug-likeness (QED) is 0.550. The Kier molecular flexibility index (Phi) is 5.91. The van der Waals surface area contributed by atoms with E-state index >= 15 is 0 Å². The number of nitrogens with zero attached hydrogens (tertiary/aromatic N) is 4. The number of pyridine rings is 1. The van der Waals surface area contributed by atoms with E-state index in [1.54, 1.807) is 10.7 Å². The molecule has 2 aliphatic heterocycles. The Morgan fingerprint density at radius 1 is 1.14 bits per heavy atom. The molecule has 3 aromatic rings. The lowest BCUT2D eigenvalue weighted by Gasteiger charge is -2.37. The van der Waals surface area contributed by atoms with Crippen LogP contribution in [0.4, 0.5) is 0 Å².